The molecule has 0 saturated carbocycles. The largest absolute Gasteiger partial charge is 0.480 e. The Morgan fingerprint density at radius 2 is 2.26 bits per heavy atom. The molecule has 2 N–H and O–H groups in total. The van der Waals surface area contributed by atoms with Crippen LogP contribution in [0.15, 0.2) is 17.8 Å². The van der Waals surface area contributed by atoms with E-state index >= 15 is 0 Å². The number of hydrogen-bond acceptors (Lipinski definition) is 5. The number of fused-ring (bicyclic) bond motifs is 1. The van der Waals surface area contributed by atoms with Gasteiger partial charge in [-0.1, -0.05) is 0 Å². The molecule has 0 radical (unpaired) electrons. The van der Waals surface area contributed by atoms with Crippen LogP contribution in [-0.4, -0.2) is 43.7 Å². The summed E-state index contributed by atoms with van der Waals surface area (Å²) in [7, 11) is 0. The van der Waals surface area contributed by atoms with Crippen LogP contribution in [0.4, 0.5) is 0 Å². The zero-order valence-electron chi connectivity index (χ0n) is 12.4. The Hall–Kier alpha value is -2.48. The summed E-state index contributed by atoms with van der Waals surface area (Å²) in [5.74, 6) is -1.36. The highest BCUT2D eigenvalue weighted by Gasteiger charge is 2.35. The highest BCUT2D eigenvalue weighted by atomic mass is 32.1. The lowest BCUT2D eigenvalue weighted by Crippen LogP contribution is -2.49. The molecule has 0 spiro atoms. The summed E-state index contributed by atoms with van der Waals surface area (Å²) in [6, 6.07) is 0.774. The van der Waals surface area contributed by atoms with Crippen molar-refractivity contribution in [1.82, 2.24) is 14.9 Å². The van der Waals surface area contributed by atoms with E-state index in [0.29, 0.717) is 10.6 Å². The topological polar surface area (TPSA) is 103 Å². The number of aromatic nitrogens is 2. The van der Waals surface area contributed by atoms with Crippen molar-refractivity contribution in [3.63, 3.8) is 0 Å². The first-order chi connectivity index (χ1) is 11.0. The molecule has 2 aromatic rings. The number of Topliss-reactive ketones (excluding diaryl/α,β-unsaturated/α-hetero) is 1. The van der Waals surface area contributed by atoms with Gasteiger partial charge in [0.1, 0.15) is 6.04 Å². The highest BCUT2D eigenvalue weighted by Crippen LogP contribution is 2.23. The van der Waals surface area contributed by atoms with Crippen LogP contribution in [0, 0.1) is 0 Å². The number of carboxylic acid groups (broad SMARTS) is 1. The second-order valence-corrected chi connectivity index (χ2v) is 6.37. The molecular weight excluding hydrogens is 318 g/mol. The SMILES string of the molecule is CC(=O)c1cc(CC(=O)N2Cc3[nH]cnc3C[C@@H]2C(=O)O)cs1. The van der Waals surface area contributed by atoms with E-state index in [1.807, 2.05) is 0 Å². The maximum Gasteiger partial charge on any atom is 0.326 e. The third-order valence-electron chi connectivity index (χ3n) is 3.86. The maximum atomic E-state index is 12.5. The number of carboxylic acids is 1. The first-order valence-corrected chi connectivity index (χ1v) is 7.95. The van der Waals surface area contributed by atoms with Gasteiger partial charge in [0.25, 0.3) is 0 Å². The van der Waals surface area contributed by atoms with Crippen molar-refractivity contribution in [2.45, 2.75) is 32.4 Å². The van der Waals surface area contributed by atoms with Crippen LogP contribution in [0.3, 0.4) is 0 Å². The molecule has 0 saturated heterocycles. The Bertz CT molecular complexity index is 779. The van der Waals surface area contributed by atoms with Gasteiger partial charge in [-0.2, -0.15) is 0 Å². The van der Waals surface area contributed by atoms with Gasteiger partial charge in [0.05, 0.1) is 35.6 Å². The van der Waals surface area contributed by atoms with Crippen molar-refractivity contribution >= 4 is 29.0 Å². The van der Waals surface area contributed by atoms with Crippen molar-refractivity contribution < 1.29 is 19.5 Å². The number of nitrogens with one attached hydrogen (secondary N) is 1. The van der Waals surface area contributed by atoms with Crippen LogP contribution in [0.5, 0.6) is 0 Å². The van der Waals surface area contributed by atoms with Crippen molar-refractivity contribution in [3.8, 4) is 0 Å². The smallest absolute Gasteiger partial charge is 0.326 e. The predicted octanol–water partition coefficient (Wildman–Crippen LogP) is 1.25. The molecule has 120 valence electrons. The quantitative estimate of drug-likeness (QED) is 0.820. The van der Waals surface area contributed by atoms with Crippen LogP contribution >= 0.6 is 11.3 Å². The molecule has 3 heterocycles. The van der Waals surface area contributed by atoms with Crippen molar-refractivity contribution in [1.29, 1.82) is 0 Å². The number of thiophene rings is 1. The van der Waals surface area contributed by atoms with E-state index in [4.69, 9.17) is 0 Å². The molecule has 0 aliphatic carbocycles. The molecule has 1 aliphatic rings. The Morgan fingerprint density at radius 3 is 2.91 bits per heavy atom. The molecule has 1 aliphatic heterocycles. The minimum absolute atomic E-state index is 0.0443. The van der Waals surface area contributed by atoms with Crippen molar-refractivity contribution in [2.24, 2.45) is 0 Å². The fraction of sp³-hybridized carbons (Fsp3) is 0.333. The summed E-state index contributed by atoms with van der Waals surface area (Å²) in [5, 5.41) is 11.1. The predicted molar refractivity (Wildman–Crippen MR) is 82.3 cm³/mol. The second-order valence-electron chi connectivity index (χ2n) is 5.46. The maximum absolute atomic E-state index is 12.5. The first-order valence-electron chi connectivity index (χ1n) is 7.07. The van der Waals surface area contributed by atoms with E-state index in [2.05, 4.69) is 9.97 Å². The Morgan fingerprint density at radius 1 is 1.48 bits per heavy atom. The molecule has 1 amide bonds. The number of aliphatic carboxylic acids is 1. The zero-order chi connectivity index (χ0) is 16.6. The molecular formula is C15H15N3O4S. The molecule has 23 heavy (non-hydrogen) atoms. The number of imidazole rings is 1. The highest BCUT2D eigenvalue weighted by molar-refractivity contribution is 7.12. The minimum atomic E-state index is -1.04. The number of nitrogens with zero attached hydrogens (tertiary/aromatic N) is 2. The minimum Gasteiger partial charge on any atom is -0.480 e. The van der Waals surface area contributed by atoms with E-state index in [1.54, 1.807) is 11.4 Å². The summed E-state index contributed by atoms with van der Waals surface area (Å²) in [5.41, 5.74) is 2.19. The average molecular weight is 333 g/mol. The fourth-order valence-corrected chi connectivity index (χ4v) is 3.46. The lowest BCUT2D eigenvalue weighted by molar-refractivity contribution is -0.151. The van der Waals surface area contributed by atoms with E-state index < -0.39 is 12.0 Å². The summed E-state index contributed by atoms with van der Waals surface area (Å²) in [4.78, 5) is 44.3. The van der Waals surface area contributed by atoms with E-state index in [-0.39, 0.29) is 31.1 Å². The van der Waals surface area contributed by atoms with Gasteiger partial charge in [0, 0.05) is 6.42 Å². The lowest BCUT2D eigenvalue weighted by Gasteiger charge is -2.32. The molecule has 0 aromatic carbocycles. The molecule has 7 nitrogen and oxygen atoms in total. The fourth-order valence-electron chi connectivity index (χ4n) is 2.65. The van der Waals surface area contributed by atoms with Gasteiger partial charge in [0.2, 0.25) is 5.91 Å². The number of carbonyl (C=O) groups excluding carboxylic acids is 2. The molecule has 0 unspecified atom stereocenters. The van der Waals surface area contributed by atoms with Crippen LogP contribution < -0.4 is 0 Å². The molecule has 3 rings (SSSR count). The Kier molecular flexibility index (Phi) is 3.99. The van der Waals surface area contributed by atoms with Gasteiger partial charge in [-0.15, -0.1) is 11.3 Å². The third-order valence-corrected chi connectivity index (χ3v) is 4.94. The number of hydrogen-bond donors (Lipinski definition) is 2. The van der Waals surface area contributed by atoms with Gasteiger partial charge in [-0.05, 0) is 23.9 Å². The Labute approximate surface area is 136 Å². The van der Waals surface area contributed by atoms with Crippen LogP contribution in [0.25, 0.3) is 0 Å². The van der Waals surface area contributed by atoms with Crippen molar-refractivity contribution in [3.05, 3.63) is 39.6 Å². The van der Waals surface area contributed by atoms with E-state index in [0.717, 1.165) is 11.3 Å². The molecule has 0 fully saturated rings. The number of ketones is 1. The third kappa shape index (κ3) is 3.02. The van der Waals surface area contributed by atoms with Gasteiger partial charge >= 0.3 is 5.97 Å². The number of aromatic amines is 1. The van der Waals surface area contributed by atoms with Crippen LogP contribution in [-0.2, 0) is 29.0 Å². The van der Waals surface area contributed by atoms with Crippen molar-refractivity contribution in [2.75, 3.05) is 0 Å². The molecule has 0 bridgehead atoms. The molecule has 1 atom stereocenters. The van der Waals surface area contributed by atoms with E-state index in [1.165, 1.54) is 29.5 Å². The molecule has 2 aromatic heterocycles. The van der Waals surface area contributed by atoms with Gasteiger partial charge < -0.3 is 15.0 Å². The Balaban J connectivity index is 1.79. The van der Waals surface area contributed by atoms with Crippen LogP contribution in [0.2, 0.25) is 0 Å². The normalized spacial score (nSPS) is 16.9. The first kappa shape index (κ1) is 15.4. The standard InChI is InChI=1S/C15H15N3O4S/c1-8(19)13-2-9(6-23-13)3-14(20)18-5-11-10(16-7-17-11)4-12(18)15(21)22/h2,6-7,12H,3-5H2,1H3,(H,16,17)(H,21,22)/t12-/m1/s1. The molecule has 8 heteroatoms. The van der Waals surface area contributed by atoms with Gasteiger partial charge in [-0.3, -0.25) is 9.59 Å². The van der Waals surface area contributed by atoms with Crippen LogP contribution in [0.1, 0.15) is 33.5 Å². The summed E-state index contributed by atoms with van der Waals surface area (Å²) >= 11 is 1.29. The summed E-state index contributed by atoms with van der Waals surface area (Å²) < 4.78 is 0. The average Bonchev–Trinajstić information content (AvgIpc) is 3.13. The van der Waals surface area contributed by atoms with E-state index in [9.17, 15) is 19.5 Å². The monoisotopic (exact) mass is 333 g/mol. The number of rotatable bonds is 4. The van der Waals surface area contributed by atoms with Gasteiger partial charge in [0.15, 0.2) is 5.78 Å². The lowest BCUT2D eigenvalue weighted by atomic mass is 10.0. The zero-order valence-corrected chi connectivity index (χ0v) is 13.2. The number of amides is 1. The number of carbonyl (C=O) groups is 3. The summed E-state index contributed by atoms with van der Waals surface area (Å²) in [6.07, 6.45) is 1.79. The van der Waals surface area contributed by atoms with Gasteiger partial charge in [-0.25, -0.2) is 9.78 Å². The summed E-state index contributed by atoms with van der Waals surface area (Å²) in [6.45, 7) is 1.68. The number of H-pyrrole nitrogens is 1. The second kappa shape index (κ2) is 5.96.